The van der Waals surface area contributed by atoms with Gasteiger partial charge >= 0.3 is 0 Å². The number of nitrogens with one attached hydrogen (secondary N) is 1. The molecule has 0 fully saturated rings. The summed E-state index contributed by atoms with van der Waals surface area (Å²) in [6.07, 6.45) is 6.32. The lowest BCUT2D eigenvalue weighted by molar-refractivity contribution is -0.437. The van der Waals surface area contributed by atoms with Crippen LogP contribution >= 0.6 is 0 Å². The Bertz CT molecular complexity index is 1240. The van der Waals surface area contributed by atoms with E-state index in [2.05, 4.69) is 52.9 Å². The van der Waals surface area contributed by atoms with Crippen molar-refractivity contribution in [3.63, 3.8) is 0 Å². The summed E-state index contributed by atoms with van der Waals surface area (Å²) in [5.41, 5.74) is 5.16. The largest absolute Gasteiger partial charge is 0.286 e. The SMILES string of the molecule is CC1(C)C(/C=C/c2cccc3cn[nH]c23)=[N+](CCCS(=O)(=O)O)c2ccccc21. The van der Waals surface area contributed by atoms with Crippen LogP contribution in [0.2, 0.25) is 0 Å². The van der Waals surface area contributed by atoms with Crippen LogP contribution in [0.1, 0.15) is 31.4 Å². The first-order chi connectivity index (χ1) is 13.8. The highest BCUT2D eigenvalue weighted by Crippen LogP contribution is 2.40. The number of aromatic amines is 1. The van der Waals surface area contributed by atoms with Crippen LogP contribution in [0.15, 0.2) is 54.7 Å². The molecule has 0 atom stereocenters. The molecule has 2 heterocycles. The minimum Gasteiger partial charge on any atom is -0.286 e. The number of fused-ring (bicyclic) bond motifs is 2. The summed E-state index contributed by atoms with van der Waals surface area (Å²) in [6, 6.07) is 14.2. The Kier molecular flexibility index (Phi) is 4.88. The predicted octanol–water partition coefficient (Wildman–Crippen LogP) is 3.93. The highest BCUT2D eigenvalue weighted by atomic mass is 32.2. The second-order valence-corrected chi connectivity index (χ2v) is 9.41. The Balaban J connectivity index is 1.76. The first-order valence-corrected chi connectivity index (χ1v) is 11.2. The Morgan fingerprint density at radius 2 is 1.93 bits per heavy atom. The van der Waals surface area contributed by atoms with Crippen LogP contribution in [-0.2, 0) is 15.5 Å². The molecule has 0 bridgehead atoms. The molecule has 1 aromatic heterocycles. The van der Waals surface area contributed by atoms with Gasteiger partial charge in [0.25, 0.3) is 10.1 Å². The number of hydrogen-bond donors (Lipinski definition) is 2. The van der Waals surface area contributed by atoms with E-state index in [9.17, 15) is 8.42 Å². The van der Waals surface area contributed by atoms with E-state index >= 15 is 0 Å². The fourth-order valence-electron chi connectivity index (χ4n) is 4.09. The number of nitrogens with zero attached hydrogens (tertiary/aromatic N) is 2. The van der Waals surface area contributed by atoms with Crippen molar-refractivity contribution in [3.05, 3.63) is 65.9 Å². The fraction of sp³-hybridized carbons (Fsp3) is 0.273. The summed E-state index contributed by atoms with van der Waals surface area (Å²) in [7, 11) is -3.98. The Morgan fingerprint density at radius 1 is 1.14 bits per heavy atom. The summed E-state index contributed by atoms with van der Waals surface area (Å²) >= 11 is 0. The molecule has 150 valence electrons. The summed E-state index contributed by atoms with van der Waals surface area (Å²) in [5.74, 6) is -0.253. The van der Waals surface area contributed by atoms with Crippen LogP contribution in [0.25, 0.3) is 17.0 Å². The number of H-pyrrole nitrogens is 1. The molecule has 0 radical (unpaired) electrons. The van der Waals surface area contributed by atoms with Crippen molar-refractivity contribution in [2.45, 2.75) is 25.7 Å². The van der Waals surface area contributed by atoms with Gasteiger partial charge in [-0.15, -0.1) is 0 Å². The van der Waals surface area contributed by atoms with E-state index < -0.39 is 10.1 Å². The zero-order chi connectivity index (χ0) is 20.6. The average molecular weight is 411 g/mol. The smallest absolute Gasteiger partial charge is 0.265 e. The lowest BCUT2D eigenvalue weighted by atomic mass is 9.81. The van der Waals surface area contributed by atoms with Crippen molar-refractivity contribution in [3.8, 4) is 0 Å². The van der Waals surface area contributed by atoms with Crippen LogP contribution in [0.5, 0.6) is 0 Å². The predicted molar refractivity (Wildman–Crippen MR) is 115 cm³/mol. The number of rotatable bonds is 6. The molecule has 6 nitrogen and oxygen atoms in total. The molecule has 0 amide bonds. The van der Waals surface area contributed by atoms with Gasteiger partial charge in [0.1, 0.15) is 6.54 Å². The van der Waals surface area contributed by atoms with Gasteiger partial charge in [-0.1, -0.05) is 36.4 Å². The van der Waals surface area contributed by atoms with Crippen LogP contribution < -0.4 is 0 Å². The van der Waals surface area contributed by atoms with Gasteiger partial charge < -0.3 is 0 Å². The van der Waals surface area contributed by atoms with Gasteiger partial charge in [0.15, 0.2) is 5.71 Å². The van der Waals surface area contributed by atoms with Gasteiger partial charge in [-0.05, 0) is 19.9 Å². The minimum atomic E-state index is -3.98. The molecule has 0 spiro atoms. The molecule has 1 aliphatic heterocycles. The molecule has 2 N–H and O–H groups in total. The first-order valence-electron chi connectivity index (χ1n) is 9.57. The van der Waals surface area contributed by atoms with Crippen molar-refractivity contribution in [2.24, 2.45) is 0 Å². The Hall–Kier alpha value is -2.77. The van der Waals surface area contributed by atoms with Crippen LogP contribution in [0, 0.1) is 0 Å². The van der Waals surface area contributed by atoms with Crippen LogP contribution in [0.4, 0.5) is 5.69 Å². The van der Waals surface area contributed by atoms with Gasteiger partial charge in [-0.2, -0.15) is 18.1 Å². The van der Waals surface area contributed by atoms with Crippen LogP contribution in [0.3, 0.4) is 0 Å². The number of aromatic nitrogens is 2. The standard InChI is InChI=1S/C22H23N3O3S/c1-22(2)18-9-3-4-10-19(18)25(13-6-14-29(26,27)28)20(22)12-11-16-7-5-8-17-15-23-24-21(16)17/h3-5,7-12,15H,6,13-14H2,1-2H3,(H,26,27,28)/p+1. The summed E-state index contributed by atoms with van der Waals surface area (Å²) in [6.45, 7) is 4.85. The van der Waals surface area contributed by atoms with Crippen molar-refractivity contribution in [1.29, 1.82) is 0 Å². The zero-order valence-corrected chi connectivity index (χ0v) is 17.3. The monoisotopic (exact) mass is 410 g/mol. The highest BCUT2D eigenvalue weighted by Gasteiger charge is 2.43. The molecule has 29 heavy (non-hydrogen) atoms. The van der Waals surface area contributed by atoms with Crippen molar-refractivity contribution < 1.29 is 17.5 Å². The van der Waals surface area contributed by atoms with Gasteiger partial charge in [0.05, 0.1) is 22.9 Å². The van der Waals surface area contributed by atoms with E-state index in [1.165, 1.54) is 5.56 Å². The molecule has 0 saturated carbocycles. The topological polar surface area (TPSA) is 86.1 Å². The fourth-order valence-corrected chi connectivity index (χ4v) is 4.58. The van der Waals surface area contributed by atoms with E-state index in [1.54, 1.807) is 6.20 Å². The van der Waals surface area contributed by atoms with E-state index in [0.717, 1.165) is 27.9 Å². The molecule has 2 aromatic carbocycles. The maximum atomic E-state index is 11.2. The molecule has 7 heteroatoms. The maximum absolute atomic E-state index is 11.2. The molecule has 0 saturated heterocycles. The third kappa shape index (κ3) is 3.75. The first kappa shape index (κ1) is 19.5. The molecule has 0 aliphatic carbocycles. The van der Waals surface area contributed by atoms with Gasteiger partial charge in [0, 0.05) is 35.1 Å². The van der Waals surface area contributed by atoms with Gasteiger partial charge in [0.2, 0.25) is 5.69 Å². The number of benzene rings is 2. The molecule has 4 rings (SSSR count). The lowest BCUT2D eigenvalue weighted by Gasteiger charge is -2.15. The van der Waals surface area contributed by atoms with E-state index in [1.807, 2.05) is 30.3 Å². The van der Waals surface area contributed by atoms with E-state index in [-0.39, 0.29) is 11.2 Å². The van der Waals surface area contributed by atoms with Gasteiger partial charge in [-0.25, -0.2) is 0 Å². The van der Waals surface area contributed by atoms with E-state index in [4.69, 9.17) is 4.55 Å². The molecule has 1 aliphatic rings. The molecule has 3 aromatic rings. The maximum Gasteiger partial charge on any atom is 0.265 e. The van der Waals surface area contributed by atoms with E-state index in [0.29, 0.717) is 13.0 Å². The normalized spacial score (nSPS) is 16.1. The summed E-state index contributed by atoms with van der Waals surface area (Å²) < 4.78 is 33.6. The zero-order valence-electron chi connectivity index (χ0n) is 16.5. The lowest BCUT2D eigenvalue weighted by Crippen LogP contribution is -2.28. The highest BCUT2D eigenvalue weighted by molar-refractivity contribution is 7.85. The molecular weight excluding hydrogens is 386 g/mol. The number of para-hydroxylation sites is 2. The summed E-state index contributed by atoms with van der Waals surface area (Å²) in [4.78, 5) is 0. The summed E-state index contributed by atoms with van der Waals surface area (Å²) in [5, 5.41) is 8.22. The van der Waals surface area contributed by atoms with Gasteiger partial charge in [-0.3, -0.25) is 9.65 Å². The average Bonchev–Trinajstić information content (AvgIpc) is 3.22. The third-order valence-corrected chi connectivity index (χ3v) is 6.32. The van der Waals surface area contributed by atoms with Crippen LogP contribution in [-0.4, -0.2) is 45.8 Å². The quantitative estimate of drug-likeness (QED) is 0.476. The van der Waals surface area contributed by atoms with Crippen molar-refractivity contribution in [1.82, 2.24) is 10.2 Å². The number of hydrogen-bond acceptors (Lipinski definition) is 3. The third-order valence-electron chi connectivity index (χ3n) is 5.51. The second kappa shape index (κ2) is 7.24. The Morgan fingerprint density at radius 3 is 2.72 bits per heavy atom. The molecular formula is C22H24N3O3S+. The molecule has 0 unspecified atom stereocenters. The van der Waals surface area contributed by atoms with Crippen molar-refractivity contribution >= 4 is 38.5 Å². The Labute approximate surface area is 170 Å². The number of allylic oxidation sites excluding steroid dienone is 1. The second-order valence-electron chi connectivity index (χ2n) is 7.83. The minimum absolute atomic E-state index is 0.229. The van der Waals surface area contributed by atoms with Crippen molar-refractivity contribution in [2.75, 3.05) is 12.3 Å².